The average Bonchev–Trinajstić information content (AvgIpc) is 3.26. The van der Waals surface area contributed by atoms with E-state index >= 15 is 0 Å². The van der Waals surface area contributed by atoms with E-state index in [2.05, 4.69) is 47.5 Å². The molecule has 5 rings (SSSR count). The summed E-state index contributed by atoms with van der Waals surface area (Å²) in [5.74, 6) is 0.812. The number of benzene rings is 2. The standard InChI is InChI=1S/C27H34N2O2/c1-19(20-11-5-2-6-12-20)29-17-23-24(18-29)25(23)28-26(30)27(31,21-13-7-3-8-14-21)22-15-9-4-10-16-22/h2-3,5-8,11-14,19,22-25,31H,4,9-10,15-18H2,1H3,(H,28,30)/t19?,23-,24?,25?,27?/m0/s1. The summed E-state index contributed by atoms with van der Waals surface area (Å²) >= 11 is 0. The van der Waals surface area contributed by atoms with Gasteiger partial charge < -0.3 is 10.4 Å². The fourth-order valence-electron chi connectivity index (χ4n) is 6.06. The Kier molecular flexibility index (Phi) is 5.61. The topological polar surface area (TPSA) is 52.6 Å². The monoisotopic (exact) mass is 418 g/mol. The quantitative estimate of drug-likeness (QED) is 0.737. The van der Waals surface area contributed by atoms with Crippen LogP contribution in [-0.4, -0.2) is 35.0 Å². The predicted molar refractivity (Wildman–Crippen MR) is 122 cm³/mol. The molecule has 2 N–H and O–H groups in total. The summed E-state index contributed by atoms with van der Waals surface area (Å²) in [6.07, 6.45) is 5.21. The number of hydrogen-bond acceptors (Lipinski definition) is 3. The molecule has 2 aromatic carbocycles. The maximum atomic E-state index is 13.5. The summed E-state index contributed by atoms with van der Waals surface area (Å²) in [5.41, 5.74) is 0.667. The summed E-state index contributed by atoms with van der Waals surface area (Å²) in [5, 5.41) is 15.1. The van der Waals surface area contributed by atoms with Crippen molar-refractivity contribution >= 4 is 5.91 Å². The van der Waals surface area contributed by atoms with Gasteiger partial charge in [-0.15, -0.1) is 0 Å². The lowest BCUT2D eigenvalue weighted by molar-refractivity contribution is -0.149. The Morgan fingerprint density at radius 2 is 1.55 bits per heavy atom. The van der Waals surface area contributed by atoms with Crippen molar-refractivity contribution in [2.75, 3.05) is 13.1 Å². The van der Waals surface area contributed by atoms with Gasteiger partial charge in [0.05, 0.1) is 0 Å². The van der Waals surface area contributed by atoms with Gasteiger partial charge in [0.1, 0.15) is 0 Å². The fraction of sp³-hybridized carbons (Fsp3) is 0.519. The Morgan fingerprint density at radius 3 is 2.16 bits per heavy atom. The van der Waals surface area contributed by atoms with E-state index in [0.717, 1.165) is 44.3 Å². The Labute approximate surface area is 185 Å². The lowest BCUT2D eigenvalue weighted by Crippen LogP contribution is -2.52. The Balaban J connectivity index is 1.26. The maximum Gasteiger partial charge on any atom is 0.257 e. The molecule has 4 nitrogen and oxygen atoms in total. The Hall–Kier alpha value is -2.17. The van der Waals surface area contributed by atoms with Crippen LogP contribution in [0.25, 0.3) is 0 Å². The number of nitrogens with one attached hydrogen (secondary N) is 1. The lowest BCUT2D eigenvalue weighted by Gasteiger charge is -2.38. The second kappa shape index (κ2) is 8.40. The third-order valence-electron chi connectivity index (χ3n) is 8.11. The van der Waals surface area contributed by atoms with E-state index in [4.69, 9.17) is 0 Å². The van der Waals surface area contributed by atoms with Crippen LogP contribution in [0, 0.1) is 17.8 Å². The first-order valence-electron chi connectivity index (χ1n) is 12.0. The van der Waals surface area contributed by atoms with Gasteiger partial charge >= 0.3 is 0 Å². The average molecular weight is 419 g/mol. The number of carbonyl (C=O) groups excluding carboxylic acids is 1. The molecule has 2 aliphatic carbocycles. The highest BCUT2D eigenvalue weighted by atomic mass is 16.3. The van der Waals surface area contributed by atoms with E-state index < -0.39 is 5.60 Å². The van der Waals surface area contributed by atoms with Gasteiger partial charge in [-0.3, -0.25) is 9.69 Å². The van der Waals surface area contributed by atoms with Crippen LogP contribution < -0.4 is 5.32 Å². The molecule has 1 aliphatic heterocycles. The second-order valence-electron chi connectivity index (χ2n) is 9.83. The van der Waals surface area contributed by atoms with Gasteiger partial charge in [0.2, 0.25) is 0 Å². The summed E-state index contributed by atoms with van der Waals surface area (Å²) in [6.45, 7) is 4.29. The van der Waals surface area contributed by atoms with Crippen molar-refractivity contribution in [3.8, 4) is 0 Å². The van der Waals surface area contributed by atoms with E-state index in [1.165, 1.54) is 12.0 Å². The summed E-state index contributed by atoms with van der Waals surface area (Å²) in [7, 11) is 0. The fourth-order valence-corrected chi connectivity index (χ4v) is 6.06. The zero-order chi connectivity index (χ0) is 21.4. The van der Waals surface area contributed by atoms with Gasteiger partial charge in [-0.25, -0.2) is 0 Å². The number of amides is 1. The molecule has 164 valence electrons. The molecule has 0 spiro atoms. The van der Waals surface area contributed by atoms with Crippen LogP contribution in [0.15, 0.2) is 60.7 Å². The van der Waals surface area contributed by atoms with Crippen LogP contribution in [0.1, 0.15) is 56.2 Å². The number of carbonyl (C=O) groups is 1. The van der Waals surface area contributed by atoms with Crippen LogP contribution >= 0.6 is 0 Å². The Morgan fingerprint density at radius 1 is 0.968 bits per heavy atom. The first-order valence-corrected chi connectivity index (χ1v) is 12.0. The third kappa shape index (κ3) is 3.81. The van der Waals surface area contributed by atoms with Crippen LogP contribution in [0.3, 0.4) is 0 Å². The molecule has 4 heteroatoms. The molecule has 0 radical (unpaired) electrons. The van der Waals surface area contributed by atoms with Crippen molar-refractivity contribution in [2.24, 2.45) is 17.8 Å². The highest BCUT2D eigenvalue weighted by Crippen LogP contribution is 2.49. The molecule has 1 amide bonds. The van der Waals surface area contributed by atoms with Gasteiger partial charge in [-0.1, -0.05) is 79.9 Å². The number of rotatable bonds is 6. The largest absolute Gasteiger partial charge is 0.375 e. The molecule has 1 heterocycles. The number of nitrogens with zero attached hydrogens (tertiary/aromatic N) is 1. The van der Waals surface area contributed by atoms with Gasteiger partial charge in [0, 0.05) is 31.1 Å². The molecule has 5 atom stereocenters. The van der Waals surface area contributed by atoms with E-state index in [9.17, 15) is 9.90 Å². The number of likely N-dealkylation sites (tertiary alicyclic amines) is 1. The summed E-state index contributed by atoms with van der Waals surface area (Å²) < 4.78 is 0. The van der Waals surface area contributed by atoms with E-state index in [1.807, 2.05) is 30.3 Å². The van der Waals surface area contributed by atoms with Gasteiger partial charge in [0.15, 0.2) is 5.60 Å². The number of piperidine rings is 1. The van der Waals surface area contributed by atoms with Crippen molar-refractivity contribution in [2.45, 2.75) is 56.7 Å². The number of fused-ring (bicyclic) bond motifs is 1. The van der Waals surface area contributed by atoms with Crippen LogP contribution in [0.4, 0.5) is 0 Å². The van der Waals surface area contributed by atoms with Crippen LogP contribution in [0.5, 0.6) is 0 Å². The highest BCUT2D eigenvalue weighted by Gasteiger charge is 2.58. The zero-order valence-corrected chi connectivity index (χ0v) is 18.4. The van der Waals surface area contributed by atoms with Crippen LogP contribution in [-0.2, 0) is 10.4 Å². The predicted octanol–water partition coefficient (Wildman–Crippen LogP) is 4.26. The molecular formula is C27H34N2O2. The maximum absolute atomic E-state index is 13.5. The van der Waals surface area contributed by atoms with Gasteiger partial charge in [0.25, 0.3) is 5.91 Å². The highest BCUT2D eigenvalue weighted by molar-refractivity contribution is 5.87. The van der Waals surface area contributed by atoms with Gasteiger partial charge in [-0.2, -0.15) is 0 Å². The first kappa shape index (κ1) is 20.7. The number of aliphatic hydroxyl groups is 1. The molecular weight excluding hydrogens is 384 g/mol. The van der Waals surface area contributed by atoms with Crippen molar-refractivity contribution < 1.29 is 9.90 Å². The molecule has 2 aromatic rings. The molecule has 4 unspecified atom stereocenters. The SMILES string of the molecule is CC(c1ccccc1)N1CC2C(NC(=O)C(O)(c3ccccc3)C3CCCCC3)[C@H]2C1. The summed E-state index contributed by atoms with van der Waals surface area (Å²) in [4.78, 5) is 16.0. The molecule has 1 saturated heterocycles. The molecule has 0 aromatic heterocycles. The minimum Gasteiger partial charge on any atom is -0.375 e. The molecule has 2 saturated carbocycles. The minimum atomic E-state index is -1.42. The normalized spacial score (nSPS) is 29.0. The van der Waals surface area contributed by atoms with E-state index in [-0.39, 0.29) is 17.9 Å². The van der Waals surface area contributed by atoms with Crippen molar-refractivity contribution in [3.05, 3.63) is 71.8 Å². The summed E-state index contributed by atoms with van der Waals surface area (Å²) in [6, 6.07) is 20.8. The number of hydrogen-bond donors (Lipinski definition) is 2. The van der Waals surface area contributed by atoms with E-state index in [1.54, 1.807) is 0 Å². The van der Waals surface area contributed by atoms with E-state index in [0.29, 0.717) is 17.9 Å². The lowest BCUT2D eigenvalue weighted by atomic mass is 9.73. The van der Waals surface area contributed by atoms with Gasteiger partial charge in [-0.05, 0) is 42.7 Å². The van der Waals surface area contributed by atoms with Crippen molar-refractivity contribution in [3.63, 3.8) is 0 Å². The minimum absolute atomic E-state index is 0.00292. The smallest absolute Gasteiger partial charge is 0.257 e. The molecule has 3 aliphatic rings. The Bertz CT molecular complexity index is 884. The first-order chi connectivity index (χ1) is 15.1. The zero-order valence-electron chi connectivity index (χ0n) is 18.4. The second-order valence-corrected chi connectivity index (χ2v) is 9.83. The molecule has 3 fully saturated rings. The van der Waals surface area contributed by atoms with Crippen molar-refractivity contribution in [1.82, 2.24) is 10.2 Å². The van der Waals surface area contributed by atoms with Crippen LogP contribution in [0.2, 0.25) is 0 Å². The van der Waals surface area contributed by atoms with Crippen molar-refractivity contribution in [1.29, 1.82) is 0 Å². The third-order valence-corrected chi connectivity index (χ3v) is 8.11. The molecule has 0 bridgehead atoms. The molecule has 31 heavy (non-hydrogen) atoms.